The fourth-order valence-electron chi connectivity index (χ4n) is 2.73. The number of piperidine rings is 1. The molecule has 1 unspecified atom stereocenters. The van der Waals surface area contributed by atoms with E-state index in [4.69, 9.17) is 0 Å². The molecule has 1 heterocycles. The van der Waals surface area contributed by atoms with Crippen molar-refractivity contribution in [2.24, 2.45) is 11.8 Å². The van der Waals surface area contributed by atoms with Gasteiger partial charge in [-0.25, -0.2) is 0 Å². The van der Waals surface area contributed by atoms with Crippen molar-refractivity contribution in [2.45, 2.75) is 52.0 Å². The van der Waals surface area contributed by atoms with E-state index in [0.29, 0.717) is 0 Å². The lowest BCUT2D eigenvalue weighted by molar-refractivity contribution is 0.169. The largest absolute Gasteiger partial charge is 0.312 e. The lowest BCUT2D eigenvalue weighted by Crippen LogP contribution is -2.45. The summed E-state index contributed by atoms with van der Waals surface area (Å²) in [6.45, 7) is 9.82. The molecule has 2 fully saturated rings. The summed E-state index contributed by atoms with van der Waals surface area (Å²) >= 11 is 0. The minimum absolute atomic E-state index is 0.786. The predicted octanol–water partition coefficient (Wildman–Crippen LogP) is 2.50. The summed E-state index contributed by atoms with van der Waals surface area (Å²) in [4.78, 5) is 2.69. The van der Waals surface area contributed by atoms with Gasteiger partial charge in [-0.15, -0.1) is 0 Å². The zero-order valence-electron chi connectivity index (χ0n) is 11.0. The molecule has 0 aromatic carbocycles. The van der Waals surface area contributed by atoms with E-state index in [-0.39, 0.29) is 0 Å². The Bertz CT molecular complexity index is 193. The number of nitrogens with one attached hydrogen (secondary N) is 1. The maximum absolute atomic E-state index is 3.75. The van der Waals surface area contributed by atoms with E-state index >= 15 is 0 Å². The Kier molecular flexibility index (Phi) is 4.66. The Morgan fingerprint density at radius 1 is 1.19 bits per heavy atom. The first-order valence-corrected chi connectivity index (χ1v) is 7.25. The molecule has 0 radical (unpaired) electrons. The molecule has 0 aromatic heterocycles. The van der Waals surface area contributed by atoms with Crippen molar-refractivity contribution in [2.75, 3.05) is 26.2 Å². The minimum Gasteiger partial charge on any atom is -0.312 e. The Labute approximate surface area is 101 Å². The van der Waals surface area contributed by atoms with Gasteiger partial charge in [0.1, 0.15) is 0 Å². The second-order valence-electron chi connectivity index (χ2n) is 5.88. The third-order valence-electron chi connectivity index (χ3n) is 4.18. The molecule has 1 aliphatic heterocycles. The second-order valence-corrected chi connectivity index (χ2v) is 5.88. The molecule has 2 rings (SSSR count). The van der Waals surface area contributed by atoms with Crippen LogP contribution in [0.1, 0.15) is 46.0 Å². The average molecular weight is 224 g/mol. The first-order valence-electron chi connectivity index (χ1n) is 7.25. The van der Waals surface area contributed by atoms with Gasteiger partial charge in [-0.05, 0) is 63.6 Å². The Balaban J connectivity index is 1.72. The predicted molar refractivity (Wildman–Crippen MR) is 69.6 cm³/mol. The number of hydrogen-bond acceptors (Lipinski definition) is 2. The molecule has 1 aliphatic carbocycles. The summed E-state index contributed by atoms with van der Waals surface area (Å²) in [6.07, 6.45) is 7.01. The molecule has 16 heavy (non-hydrogen) atoms. The van der Waals surface area contributed by atoms with Crippen molar-refractivity contribution in [3.63, 3.8) is 0 Å². The third kappa shape index (κ3) is 3.74. The summed E-state index contributed by atoms with van der Waals surface area (Å²) in [5, 5.41) is 3.75. The van der Waals surface area contributed by atoms with Crippen LogP contribution in [0.5, 0.6) is 0 Å². The molecule has 0 aromatic rings. The van der Waals surface area contributed by atoms with Crippen LogP contribution in [0.15, 0.2) is 0 Å². The third-order valence-corrected chi connectivity index (χ3v) is 4.18. The molecule has 1 saturated carbocycles. The average Bonchev–Trinajstić information content (AvgIpc) is 3.11. The molecule has 2 heteroatoms. The normalized spacial score (nSPS) is 25.9. The summed E-state index contributed by atoms with van der Waals surface area (Å²) in [5.41, 5.74) is 0. The smallest absolute Gasteiger partial charge is 0.0223 e. The van der Waals surface area contributed by atoms with Gasteiger partial charge >= 0.3 is 0 Å². The molecule has 1 saturated heterocycles. The highest BCUT2D eigenvalue weighted by Gasteiger charge is 2.32. The standard InChI is InChI=1S/C14H28N2/c1-3-8-15-14(13-4-5-13)11-16-9-6-12(2)7-10-16/h12-15H,3-11H2,1-2H3. The van der Waals surface area contributed by atoms with Gasteiger partial charge in [-0.3, -0.25) is 0 Å². The quantitative estimate of drug-likeness (QED) is 0.746. The van der Waals surface area contributed by atoms with E-state index in [1.807, 2.05) is 0 Å². The van der Waals surface area contributed by atoms with E-state index in [9.17, 15) is 0 Å². The SMILES string of the molecule is CCCNC(CN1CCC(C)CC1)C1CC1. The van der Waals surface area contributed by atoms with Crippen LogP contribution in [0.25, 0.3) is 0 Å². The Morgan fingerprint density at radius 3 is 2.44 bits per heavy atom. The maximum atomic E-state index is 3.75. The molecule has 1 atom stereocenters. The van der Waals surface area contributed by atoms with Crippen molar-refractivity contribution in [1.29, 1.82) is 0 Å². The summed E-state index contributed by atoms with van der Waals surface area (Å²) in [7, 11) is 0. The molecule has 2 nitrogen and oxygen atoms in total. The van der Waals surface area contributed by atoms with E-state index in [0.717, 1.165) is 17.9 Å². The minimum atomic E-state index is 0.786. The van der Waals surface area contributed by atoms with Crippen LogP contribution in [0, 0.1) is 11.8 Å². The van der Waals surface area contributed by atoms with Gasteiger partial charge in [0.2, 0.25) is 0 Å². The Morgan fingerprint density at radius 2 is 1.88 bits per heavy atom. The van der Waals surface area contributed by atoms with Gasteiger partial charge in [0.25, 0.3) is 0 Å². The van der Waals surface area contributed by atoms with Gasteiger partial charge in [0, 0.05) is 12.6 Å². The first-order chi connectivity index (χ1) is 7.79. The van der Waals surface area contributed by atoms with Crippen LogP contribution in [0.4, 0.5) is 0 Å². The summed E-state index contributed by atoms with van der Waals surface area (Å²) in [6, 6.07) is 0.786. The number of rotatable bonds is 6. The molecule has 2 aliphatic rings. The molecule has 0 amide bonds. The van der Waals surface area contributed by atoms with E-state index in [1.54, 1.807) is 0 Å². The van der Waals surface area contributed by atoms with Crippen molar-refractivity contribution in [1.82, 2.24) is 10.2 Å². The molecular formula is C14H28N2. The number of likely N-dealkylation sites (tertiary alicyclic amines) is 1. The van der Waals surface area contributed by atoms with Gasteiger partial charge in [-0.2, -0.15) is 0 Å². The van der Waals surface area contributed by atoms with Crippen LogP contribution in [-0.4, -0.2) is 37.1 Å². The van der Waals surface area contributed by atoms with Gasteiger partial charge in [-0.1, -0.05) is 13.8 Å². The van der Waals surface area contributed by atoms with Crippen LogP contribution < -0.4 is 5.32 Å². The molecular weight excluding hydrogens is 196 g/mol. The zero-order chi connectivity index (χ0) is 11.4. The summed E-state index contributed by atoms with van der Waals surface area (Å²) in [5.74, 6) is 1.95. The van der Waals surface area contributed by atoms with E-state index in [1.165, 1.54) is 58.3 Å². The van der Waals surface area contributed by atoms with E-state index < -0.39 is 0 Å². The highest BCUT2D eigenvalue weighted by Crippen LogP contribution is 2.33. The zero-order valence-corrected chi connectivity index (χ0v) is 11.0. The second kappa shape index (κ2) is 6.02. The number of nitrogens with zero attached hydrogens (tertiary/aromatic N) is 1. The maximum Gasteiger partial charge on any atom is 0.0223 e. The lowest BCUT2D eigenvalue weighted by Gasteiger charge is -2.33. The van der Waals surface area contributed by atoms with Gasteiger partial charge < -0.3 is 10.2 Å². The first kappa shape index (κ1) is 12.4. The van der Waals surface area contributed by atoms with Crippen molar-refractivity contribution >= 4 is 0 Å². The van der Waals surface area contributed by atoms with Gasteiger partial charge in [0.05, 0.1) is 0 Å². The van der Waals surface area contributed by atoms with Crippen LogP contribution in [-0.2, 0) is 0 Å². The lowest BCUT2D eigenvalue weighted by atomic mass is 9.98. The van der Waals surface area contributed by atoms with Crippen molar-refractivity contribution in [3.05, 3.63) is 0 Å². The van der Waals surface area contributed by atoms with Crippen LogP contribution in [0.3, 0.4) is 0 Å². The summed E-state index contributed by atoms with van der Waals surface area (Å²) < 4.78 is 0. The topological polar surface area (TPSA) is 15.3 Å². The highest BCUT2D eigenvalue weighted by molar-refractivity contribution is 4.89. The molecule has 0 bridgehead atoms. The highest BCUT2D eigenvalue weighted by atomic mass is 15.2. The molecule has 0 spiro atoms. The monoisotopic (exact) mass is 224 g/mol. The van der Waals surface area contributed by atoms with E-state index in [2.05, 4.69) is 24.1 Å². The molecule has 1 N–H and O–H groups in total. The van der Waals surface area contributed by atoms with Gasteiger partial charge in [0.15, 0.2) is 0 Å². The van der Waals surface area contributed by atoms with Crippen LogP contribution >= 0.6 is 0 Å². The van der Waals surface area contributed by atoms with Crippen LogP contribution in [0.2, 0.25) is 0 Å². The molecule has 94 valence electrons. The fourth-order valence-corrected chi connectivity index (χ4v) is 2.73. The van der Waals surface area contributed by atoms with Crippen molar-refractivity contribution in [3.8, 4) is 0 Å². The fraction of sp³-hybridized carbons (Fsp3) is 1.00. The Hall–Kier alpha value is -0.0800. The van der Waals surface area contributed by atoms with Crippen molar-refractivity contribution < 1.29 is 0 Å². The number of hydrogen-bond donors (Lipinski definition) is 1.